The SMILES string of the molecule is CC1CC(C#N)=C(C(F)(F)F)C=C1N(CC1N=C(c2ccccn2)NN1C)CC(F)(F)F. The molecular formula is C20H20F6N6. The number of alkyl halides is 6. The number of aliphatic imine (C=N–C) groups is 1. The molecule has 1 aliphatic carbocycles. The first-order chi connectivity index (χ1) is 14.9. The van der Waals surface area contributed by atoms with Crippen LogP contribution in [0.2, 0.25) is 0 Å². The molecule has 1 N–H and O–H groups in total. The maximum atomic E-state index is 13.4. The largest absolute Gasteiger partial charge is 0.417 e. The van der Waals surface area contributed by atoms with Gasteiger partial charge in [-0.3, -0.25) is 10.4 Å². The number of nitriles is 1. The molecule has 0 radical (unpaired) electrons. The number of hydrogen-bond acceptors (Lipinski definition) is 6. The first-order valence-electron chi connectivity index (χ1n) is 9.61. The average molecular weight is 458 g/mol. The van der Waals surface area contributed by atoms with E-state index in [2.05, 4.69) is 15.4 Å². The van der Waals surface area contributed by atoms with Gasteiger partial charge in [-0.1, -0.05) is 13.0 Å². The van der Waals surface area contributed by atoms with Crippen molar-refractivity contribution in [1.29, 1.82) is 5.26 Å². The van der Waals surface area contributed by atoms with Crippen LogP contribution >= 0.6 is 0 Å². The van der Waals surface area contributed by atoms with E-state index in [9.17, 15) is 26.3 Å². The number of halogens is 6. The van der Waals surface area contributed by atoms with E-state index in [0.29, 0.717) is 17.6 Å². The summed E-state index contributed by atoms with van der Waals surface area (Å²) in [5.74, 6) is -0.365. The Morgan fingerprint density at radius 3 is 2.53 bits per heavy atom. The van der Waals surface area contributed by atoms with Crippen molar-refractivity contribution in [3.63, 3.8) is 0 Å². The fourth-order valence-electron chi connectivity index (χ4n) is 3.63. The van der Waals surface area contributed by atoms with Crippen LogP contribution in [0.4, 0.5) is 26.3 Å². The van der Waals surface area contributed by atoms with Crippen LogP contribution in [-0.4, -0.2) is 59.4 Å². The highest BCUT2D eigenvalue weighted by Gasteiger charge is 2.41. The molecule has 0 fully saturated rings. The smallest absolute Gasteiger partial charge is 0.362 e. The van der Waals surface area contributed by atoms with Gasteiger partial charge in [0.1, 0.15) is 18.4 Å². The van der Waals surface area contributed by atoms with E-state index in [4.69, 9.17) is 5.26 Å². The number of likely N-dealkylation sites (N-methyl/N-ethyl adjacent to an activating group) is 1. The molecule has 2 unspecified atom stereocenters. The number of aromatic nitrogens is 1. The summed E-state index contributed by atoms with van der Waals surface area (Å²) in [7, 11) is 1.57. The summed E-state index contributed by atoms with van der Waals surface area (Å²) in [4.78, 5) is 9.37. The molecule has 1 aromatic heterocycles. The monoisotopic (exact) mass is 458 g/mol. The lowest BCUT2D eigenvalue weighted by Gasteiger charge is -2.36. The zero-order valence-electron chi connectivity index (χ0n) is 17.2. The third-order valence-electron chi connectivity index (χ3n) is 5.11. The van der Waals surface area contributed by atoms with Gasteiger partial charge in [-0.2, -0.15) is 36.6 Å². The van der Waals surface area contributed by atoms with Crippen molar-refractivity contribution in [2.75, 3.05) is 20.1 Å². The van der Waals surface area contributed by atoms with E-state index >= 15 is 0 Å². The summed E-state index contributed by atoms with van der Waals surface area (Å²) in [6, 6.07) is 6.62. The minimum Gasteiger partial charge on any atom is -0.362 e. The van der Waals surface area contributed by atoms with Crippen molar-refractivity contribution < 1.29 is 26.3 Å². The van der Waals surface area contributed by atoms with Crippen LogP contribution in [0.15, 0.2) is 52.3 Å². The van der Waals surface area contributed by atoms with Gasteiger partial charge in [0.05, 0.1) is 18.2 Å². The van der Waals surface area contributed by atoms with Crippen molar-refractivity contribution >= 4 is 5.84 Å². The number of nitrogens with zero attached hydrogens (tertiary/aromatic N) is 5. The van der Waals surface area contributed by atoms with Crippen LogP contribution < -0.4 is 5.43 Å². The molecule has 0 saturated heterocycles. The summed E-state index contributed by atoms with van der Waals surface area (Å²) in [5, 5.41) is 10.6. The summed E-state index contributed by atoms with van der Waals surface area (Å²) in [6.45, 7) is -0.267. The maximum absolute atomic E-state index is 13.4. The Labute approximate surface area is 180 Å². The minimum absolute atomic E-state index is 0.136. The Hall–Kier alpha value is -3.07. The summed E-state index contributed by atoms with van der Waals surface area (Å²) >= 11 is 0. The third-order valence-corrected chi connectivity index (χ3v) is 5.11. The molecule has 2 heterocycles. The highest BCUT2D eigenvalue weighted by atomic mass is 19.4. The van der Waals surface area contributed by atoms with E-state index in [1.165, 1.54) is 24.2 Å². The van der Waals surface area contributed by atoms with Gasteiger partial charge >= 0.3 is 12.4 Å². The van der Waals surface area contributed by atoms with E-state index < -0.39 is 42.1 Å². The molecule has 0 saturated carbocycles. The molecule has 3 rings (SSSR count). The predicted molar refractivity (Wildman–Crippen MR) is 104 cm³/mol. The highest BCUT2D eigenvalue weighted by Crippen LogP contribution is 2.39. The number of nitrogens with one attached hydrogen (secondary N) is 1. The Morgan fingerprint density at radius 1 is 1.25 bits per heavy atom. The van der Waals surface area contributed by atoms with Gasteiger partial charge in [-0.05, 0) is 24.6 Å². The Bertz CT molecular complexity index is 973. The maximum Gasteiger partial charge on any atom is 0.417 e. The van der Waals surface area contributed by atoms with Gasteiger partial charge in [0, 0.05) is 30.4 Å². The zero-order chi connectivity index (χ0) is 23.7. The molecule has 0 bridgehead atoms. The highest BCUT2D eigenvalue weighted by molar-refractivity contribution is 5.97. The molecule has 1 aromatic rings. The molecule has 12 heteroatoms. The van der Waals surface area contributed by atoms with E-state index in [1.807, 2.05) is 0 Å². The van der Waals surface area contributed by atoms with Gasteiger partial charge in [-0.25, -0.2) is 4.99 Å². The fraction of sp³-hybridized carbons (Fsp3) is 0.450. The number of hydrazine groups is 1. The molecular weight excluding hydrogens is 438 g/mol. The average Bonchev–Trinajstić information content (AvgIpc) is 3.06. The molecule has 0 spiro atoms. The van der Waals surface area contributed by atoms with Gasteiger partial charge in [0.2, 0.25) is 0 Å². The lowest BCUT2D eigenvalue weighted by Crippen LogP contribution is -2.46. The van der Waals surface area contributed by atoms with Crippen LogP contribution in [0.25, 0.3) is 0 Å². The lowest BCUT2D eigenvalue weighted by atomic mass is 9.87. The minimum atomic E-state index is -4.85. The van der Waals surface area contributed by atoms with Crippen molar-refractivity contribution in [2.45, 2.75) is 31.9 Å². The number of pyridine rings is 1. The Kier molecular flexibility index (Phi) is 6.50. The summed E-state index contributed by atoms with van der Waals surface area (Å²) in [6.07, 6.45) is -8.42. The van der Waals surface area contributed by atoms with Crippen LogP contribution in [0.3, 0.4) is 0 Å². The van der Waals surface area contributed by atoms with Crippen molar-refractivity contribution in [1.82, 2.24) is 20.3 Å². The van der Waals surface area contributed by atoms with Crippen LogP contribution in [0, 0.1) is 17.2 Å². The number of allylic oxidation sites excluding steroid dienone is 4. The standard InChI is InChI=1S/C20H20F6N6/c1-12-7-13(9-27)14(20(24,25)26)8-16(12)32(11-19(21,22)23)10-17-29-18(30-31(17)2)15-5-3-4-6-28-15/h3-6,8,12,17H,7,10-11H2,1-2H3,(H,29,30). The summed E-state index contributed by atoms with van der Waals surface area (Å²) in [5.41, 5.74) is 1.56. The van der Waals surface area contributed by atoms with Crippen LogP contribution in [0.1, 0.15) is 19.0 Å². The van der Waals surface area contributed by atoms with Gasteiger partial charge in [0.15, 0.2) is 5.84 Å². The van der Waals surface area contributed by atoms with E-state index in [1.54, 1.807) is 25.2 Å². The van der Waals surface area contributed by atoms with Crippen LogP contribution in [-0.2, 0) is 0 Å². The number of hydrogen-bond donors (Lipinski definition) is 1. The quantitative estimate of drug-likeness (QED) is 0.681. The molecule has 2 atom stereocenters. The van der Waals surface area contributed by atoms with Crippen LogP contribution in [0.5, 0.6) is 0 Å². The van der Waals surface area contributed by atoms with Gasteiger partial charge in [0.25, 0.3) is 0 Å². The van der Waals surface area contributed by atoms with Crippen molar-refractivity contribution in [3.05, 3.63) is 53.0 Å². The lowest BCUT2D eigenvalue weighted by molar-refractivity contribution is -0.144. The van der Waals surface area contributed by atoms with E-state index in [0.717, 1.165) is 4.90 Å². The molecule has 32 heavy (non-hydrogen) atoms. The first kappa shape index (κ1) is 23.6. The third kappa shape index (κ3) is 5.40. The number of rotatable bonds is 5. The zero-order valence-corrected chi connectivity index (χ0v) is 17.2. The molecule has 1 aliphatic heterocycles. The molecule has 172 valence electrons. The predicted octanol–water partition coefficient (Wildman–Crippen LogP) is 3.77. The van der Waals surface area contributed by atoms with E-state index in [-0.39, 0.29) is 18.7 Å². The molecule has 6 nitrogen and oxygen atoms in total. The topological polar surface area (TPSA) is 67.5 Å². The van der Waals surface area contributed by atoms with Crippen molar-refractivity contribution in [3.8, 4) is 6.07 Å². The van der Waals surface area contributed by atoms with Gasteiger partial charge < -0.3 is 4.90 Å². The molecule has 0 amide bonds. The second kappa shape index (κ2) is 8.82. The molecule has 0 aromatic carbocycles. The number of amidine groups is 1. The second-order valence-corrected chi connectivity index (χ2v) is 7.57. The fourth-order valence-corrected chi connectivity index (χ4v) is 3.63. The molecule has 2 aliphatic rings. The van der Waals surface area contributed by atoms with Crippen molar-refractivity contribution in [2.24, 2.45) is 10.9 Å². The Morgan fingerprint density at radius 2 is 1.97 bits per heavy atom. The van der Waals surface area contributed by atoms with Gasteiger partial charge in [-0.15, -0.1) is 0 Å². The first-order valence-corrected chi connectivity index (χ1v) is 9.61. The second-order valence-electron chi connectivity index (χ2n) is 7.57. The Balaban J connectivity index is 1.95. The summed E-state index contributed by atoms with van der Waals surface area (Å²) < 4.78 is 80.4. The normalized spacial score (nSPS) is 22.2.